The van der Waals surface area contributed by atoms with Gasteiger partial charge in [0.15, 0.2) is 37.7 Å². The Morgan fingerprint density at radius 2 is 0.989 bits per heavy atom. The molecule has 0 aromatic carbocycles. The third-order valence-electron chi connectivity index (χ3n) is 23.8. The Bertz CT molecular complexity index is 2610. The molecule has 0 aromatic rings. The first-order valence-corrected chi connectivity index (χ1v) is 32.6. The maximum Gasteiger partial charge on any atom is 0.306 e. The van der Waals surface area contributed by atoms with E-state index in [0.29, 0.717) is 25.7 Å². The van der Waals surface area contributed by atoms with Gasteiger partial charge in [-0.1, -0.05) is 45.8 Å². The highest BCUT2D eigenvalue weighted by Gasteiger charge is 2.73. The minimum Gasteiger partial charge on any atom is -0.458 e. The largest absolute Gasteiger partial charge is 0.458 e. The number of aliphatic hydroxyl groups excluding tert-OH is 18. The molecule has 18 N–H and O–H groups in total. The summed E-state index contributed by atoms with van der Waals surface area (Å²) in [5, 5.41) is 199. The molecule has 0 radical (unpaired) electrons. The Hall–Kier alpha value is -1.99. The van der Waals surface area contributed by atoms with Gasteiger partial charge in [-0.05, 0) is 75.0 Å². The van der Waals surface area contributed by atoms with Gasteiger partial charge in [-0.3, -0.25) is 4.79 Å². The van der Waals surface area contributed by atoms with Gasteiger partial charge in [-0.15, -0.1) is 0 Å². The lowest BCUT2D eigenvalue weighted by molar-refractivity contribution is -0.414. The summed E-state index contributed by atoms with van der Waals surface area (Å²) in [6, 6.07) is 0. The first-order valence-electron chi connectivity index (χ1n) is 32.6. The molecule has 32 heteroatoms. The zero-order valence-electron chi connectivity index (χ0n) is 52.8. The molecule has 4 aliphatic carbocycles. The summed E-state index contributed by atoms with van der Waals surface area (Å²) in [6.45, 7) is 7.63. The smallest absolute Gasteiger partial charge is 0.306 e. The van der Waals surface area contributed by atoms with Crippen molar-refractivity contribution < 1.29 is 158 Å². The Morgan fingerprint density at radius 3 is 1.60 bits per heavy atom. The lowest BCUT2D eigenvalue weighted by Gasteiger charge is -2.63. The van der Waals surface area contributed by atoms with Crippen LogP contribution in [0.15, 0.2) is 11.1 Å². The molecular weight excluding hydrogens is 1240 g/mol. The molecule has 534 valence electrons. The molecule has 0 aromatic heterocycles. The van der Waals surface area contributed by atoms with Crippen molar-refractivity contribution in [1.29, 1.82) is 0 Å². The highest BCUT2D eigenvalue weighted by atomic mass is 16.8. The van der Waals surface area contributed by atoms with Crippen LogP contribution < -0.4 is 0 Å². The van der Waals surface area contributed by atoms with E-state index < -0.39 is 228 Å². The van der Waals surface area contributed by atoms with Crippen LogP contribution in [-0.4, -0.2) is 327 Å². The second-order valence-corrected chi connectivity index (χ2v) is 28.7. The first kappa shape index (κ1) is 72.3. The molecule has 7 saturated heterocycles. The van der Waals surface area contributed by atoms with Crippen molar-refractivity contribution in [2.75, 3.05) is 39.6 Å². The topological polar surface area (TPSA) is 501 Å². The number of carbonyl (C=O) groups is 1. The summed E-state index contributed by atoms with van der Waals surface area (Å²) in [5.74, 6) is -0.188. The Morgan fingerprint density at radius 1 is 0.473 bits per heavy atom. The average molecular weight is 1340 g/mol. The molecule has 2 saturated carbocycles. The molecular formula is C61H98O32. The van der Waals surface area contributed by atoms with Crippen LogP contribution in [0.3, 0.4) is 0 Å². The van der Waals surface area contributed by atoms with Crippen molar-refractivity contribution in [2.45, 2.75) is 289 Å². The van der Waals surface area contributed by atoms with E-state index in [1.54, 1.807) is 0 Å². The van der Waals surface area contributed by atoms with Crippen molar-refractivity contribution in [3.63, 3.8) is 0 Å². The van der Waals surface area contributed by atoms with Crippen molar-refractivity contribution in [3.8, 4) is 0 Å². The van der Waals surface area contributed by atoms with Gasteiger partial charge >= 0.3 is 5.97 Å². The zero-order chi connectivity index (χ0) is 67.5. The standard InChI is InChI=1S/C61H98O32/c1-22-15-33(67)93-61(22)14-13-59(5)25-7-8-31-57(3,24(25)9-12-60(59,61)6)11-10-32(58(31,4)21-65)88-52-45(79)42(76)38(72)30(87-52)20-82-54-48(35(69)26(66)19-81-54)91-56-50(92-51-44(78)40(74)34(68)23(2)83-51)47(39(73)29(18-64)86-56)89-55-49(43(77)37(71)28(17-63)85-55)90-53-46(80)41(75)36(70)27(16-62)84-53/h22-23,26-32,34-56,62-66,68-80H,7-21H2,1-6H3/t22-,23+,26+,27-,28-,29-,30-,31-,32+,34+,35+,36-,37-,38-,39-,40-,41+,42+,43+,44-,45-,46-,47+,48-,49-,50-,51+,52+,53+,54+,55+,56+,57-,58-,59+,60+,61-/m1/s1. The number of ether oxygens (including phenoxy) is 13. The Balaban J connectivity index is 0.828. The SMILES string of the molecule is C[C@@H]1O[C@@H](O[C@H]2[C@H](O[C@H]3[C@H](OC[C@H]4O[C@@H](O[C@H]5CC[C@]6(C)C7=C(CC[C@H]6[C@@]5(C)CO)[C@]5(C)CC[C@]6(OC(=O)C[C@H]6C)[C@@]5(C)CC7)[C@H](O)[C@@H](O)[C@@H]4O)OC[C@H](O)[C@@H]3O)O[C@H](CO)[C@@H](O)[C@@H]2O[C@@H]2O[C@H](CO)[C@@H](O)[C@H](O)[C@H]2O[C@@H]2O[C@H](CO)[C@@H](O)[C@H](O)[C@H]2O)[C@H](O)[C@H](O)[C@H]1O. The monoisotopic (exact) mass is 1340 g/mol. The third-order valence-corrected chi connectivity index (χ3v) is 23.8. The average Bonchev–Trinajstić information content (AvgIpc) is 1.58. The molecule has 1 spiro atoms. The molecule has 7 heterocycles. The van der Waals surface area contributed by atoms with Gasteiger partial charge in [-0.2, -0.15) is 0 Å². The van der Waals surface area contributed by atoms with E-state index in [9.17, 15) is 96.7 Å². The summed E-state index contributed by atoms with van der Waals surface area (Å²) < 4.78 is 79.0. The predicted octanol–water partition coefficient (Wildman–Crippen LogP) is -6.61. The van der Waals surface area contributed by atoms with Crippen LogP contribution >= 0.6 is 0 Å². The maximum absolute atomic E-state index is 12.8. The molecule has 32 nitrogen and oxygen atoms in total. The van der Waals surface area contributed by atoms with Crippen molar-refractivity contribution in [3.05, 3.63) is 11.1 Å². The number of fused-ring (bicyclic) bond motifs is 5. The highest BCUT2D eigenvalue weighted by Crippen LogP contribution is 2.75. The fraction of sp³-hybridized carbons (Fsp3) is 0.951. The molecule has 0 amide bonds. The molecule has 11 aliphatic rings. The van der Waals surface area contributed by atoms with Crippen LogP contribution in [0, 0.1) is 33.5 Å². The Kier molecular flexibility index (Phi) is 21.4. The van der Waals surface area contributed by atoms with E-state index in [2.05, 4.69) is 27.7 Å². The van der Waals surface area contributed by atoms with Gasteiger partial charge in [-0.25, -0.2) is 0 Å². The van der Waals surface area contributed by atoms with E-state index in [1.165, 1.54) is 18.1 Å². The van der Waals surface area contributed by atoms with Crippen LogP contribution in [0.1, 0.15) is 99.3 Å². The number of hydrogen-bond donors (Lipinski definition) is 18. The fourth-order valence-corrected chi connectivity index (χ4v) is 17.9. The molecule has 7 aliphatic heterocycles. The number of rotatable bonds is 17. The number of hydrogen-bond acceptors (Lipinski definition) is 32. The van der Waals surface area contributed by atoms with E-state index in [4.69, 9.17) is 61.6 Å². The molecule has 93 heavy (non-hydrogen) atoms. The number of aliphatic hydroxyl groups is 18. The third kappa shape index (κ3) is 12.1. The van der Waals surface area contributed by atoms with Crippen LogP contribution in [-0.2, 0) is 66.4 Å². The fourth-order valence-electron chi connectivity index (χ4n) is 17.9. The normalized spacial score (nSPS) is 55.2. The molecule has 11 rings (SSSR count). The zero-order valence-corrected chi connectivity index (χ0v) is 52.8. The van der Waals surface area contributed by atoms with E-state index in [-0.39, 0.29) is 40.7 Å². The summed E-state index contributed by atoms with van der Waals surface area (Å²) >= 11 is 0. The van der Waals surface area contributed by atoms with Gasteiger partial charge in [0, 0.05) is 16.7 Å². The van der Waals surface area contributed by atoms with E-state index in [0.717, 1.165) is 32.1 Å². The summed E-state index contributed by atoms with van der Waals surface area (Å²) in [7, 11) is 0. The lowest BCUT2D eigenvalue weighted by atomic mass is 9.42. The maximum atomic E-state index is 12.8. The first-order chi connectivity index (χ1) is 43.9. The predicted molar refractivity (Wildman–Crippen MR) is 304 cm³/mol. The number of esters is 1. The highest BCUT2D eigenvalue weighted by molar-refractivity contribution is 5.73. The van der Waals surface area contributed by atoms with Crippen LogP contribution in [0.25, 0.3) is 0 Å². The van der Waals surface area contributed by atoms with Crippen molar-refractivity contribution >= 4 is 5.97 Å². The quantitative estimate of drug-likeness (QED) is 0.0475. The van der Waals surface area contributed by atoms with E-state index in [1.807, 2.05) is 6.92 Å². The summed E-state index contributed by atoms with van der Waals surface area (Å²) in [6.07, 6.45) is -49.8. The van der Waals surface area contributed by atoms with E-state index >= 15 is 0 Å². The van der Waals surface area contributed by atoms with Crippen LogP contribution in [0.5, 0.6) is 0 Å². The summed E-state index contributed by atoms with van der Waals surface area (Å²) in [5.41, 5.74) is 0.436. The van der Waals surface area contributed by atoms with Gasteiger partial charge in [0.25, 0.3) is 0 Å². The number of carbonyl (C=O) groups excluding carboxylic acids is 1. The van der Waals surface area contributed by atoms with Gasteiger partial charge < -0.3 is 153 Å². The van der Waals surface area contributed by atoms with Crippen LogP contribution in [0.2, 0.25) is 0 Å². The Labute approximate surface area is 536 Å². The summed E-state index contributed by atoms with van der Waals surface area (Å²) in [4.78, 5) is 12.8. The molecule has 0 bridgehead atoms. The minimum absolute atomic E-state index is 0.0819. The second-order valence-electron chi connectivity index (χ2n) is 28.7. The number of allylic oxidation sites excluding steroid dienone is 2. The van der Waals surface area contributed by atoms with Gasteiger partial charge in [0.1, 0.15) is 140 Å². The van der Waals surface area contributed by atoms with Gasteiger partial charge in [0.2, 0.25) is 0 Å². The molecule has 9 fully saturated rings. The minimum atomic E-state index is -2.16. The molecule has 37 atom stereocenters. The lowest BCUT2D eigenvalue weighted by Crippen LogP contribution is -2.69. The van der Waals surface area contributed by atoms with Gasteiger partial charge in [0.05, 0.1) is 58.3 Å². The van der Waals surface area contributed by atoms with Crippen molar-refractivity contribution in [2.24, 2.45) is 33.5 Å². The van der Waals surface area contributed by atoms with Crippen LogP contribution in [0.4, 0.5) is 0 Å². The van der Waals surface area contributed by atoms with Crippen molar-refractivity contribution in [1.82, 2.24) is 0 Å². The second kappa shape index (κ2) is 27.5. The molecule has 0 unspecified atom stereocenters.